The van der Waals surface area contributed by atoms with Crippen molar-refractivity contribution in [2.75, 3.05) is 53.2 Å². The van der Waals surface area contributed by atoms with E-state index in [-0.39, 0.29) is 37.1 Å². The molecule has 1 atom stereocenters. The quantitative estimate of drug-likeness (QED) is 0.152. The second-order valence-corrected chi connectivity index (χ2v) is 6.41. The zero-order valence-corrected chi connectivity index (χ0v) is 20.1. The van der Waals surface area contributed by atoms with Gasteiger partial charge in [0.1, 0.15) is 23.5 Å². The van der Waals surface area contributed by atoms with Crippen LogP contribution in [-0.4, -0.2) is 70.3 Å². The van der Waals surface area contributed by atoms with Crippen molar-refractivity contribution < 1.29 is 19.3 Å². The number of hydrogen-bond donors (Lipinski definition) is 3. The molecule has 0 bridgehead atoms. The standard InChI is InChI=1S/C18H29Cl2N3O4.HI/c1-3-21-18(22-8-5-9-26-11-10-25-2)23-12-14(24)13-27-16-7-4-6-15(19)17(16)20;/h4,6-7,14,24H,3,5,8-13H2,1-2H3,(H2,21,22,23);1H. The first-order valence-corrected chi connectivity index (χ1v) is 9.67. The van der Waals surface area contributed by atoms with Crippen molar-refractivity contribution in [3.63, 3.8) is 0 Å². The summed E-state index contributed by atoms with van der Waals surface area (Å²) < 4.78 is 15.8. The van der Waals surface area contributed by atoms with E-state index >= 15 is 0 Å². The summed E-state index contributed by atoms with van der Waals surface area (Å²) in [6.07, 6.45) is 0.0699. The van der Waals surface area contributed by atoms with Crippen LogP contribution in [0.2, 0.25) is 10.0 Å². The molecule has 0 fully saturated rings. The minimum absolute atomic E-state index is 0. The Morgan fingerprint density at radius 3 is 2.71 bits per heavy atom. The molecular formula is C18H30Cl2IN3O4. The third-order valence-corrected chi connectivity index (χ3v) is 4.14. The van der Waals surface area contributed by atoms with E-state index in [0.29, 0.717) is 48.1 Å². The fraction of sp³-hybridized carbons (Fsp3) is 0.611. The van der Waals surface area contributed by atoms with Gasteiger partial charge in [-0.1, -0.05) is 29.3 Å². The summed E-state index contributed by atoms with van der Waals surface area (Å²) in [6, 6.07) is 5.11. The summed E-state index contributed by atoms with van der Waals surface area (Å²) in [5.74, 6) is 1.07. The zero-order valence-electron chi connectivity index (χ0n) is 16.2. The number of aliphatic imine (C=N–C) groups is 1. The highest BCUT2D eigenvalue weighted by Crippen LogP contribution is 2.31. The summed E-state index contributed by atoms with van der Waals surface area (Å²) in [4.78, 5) is 4.36. The number of methoxy groups -OCH3 is 1. The molecule has 0 radical (unpaired) electrons. The lowest BCUT2D eigenvalue weighted by atomic mass is 10.3. The van der Waals surface area contributed by atoms with Crippen molar-refractivity contribution in [1.82, 2.24) is 10.6 Å². The number of aliphatic hydroxyl groups excluding tert-OH is 1. The van der Waals surface area contributed by atoms with Gasteiger partial charge in [-0.3, -0.25) is 4.99 Å². The van der Waals surface area contributed by atoms with Gasteiger partial charge < -0.3 is 30.0 Å². The molecule has 0 saturated carbocycles. The molecule has 0 aromatic heterocycles. The van der Waals surface area contributed by atoms with Gasteiger partial charge in [0.05, 0.1) is 24.8 Å². The first-order valence-electron chi connectivity index (χ1n) is 8.92. The number of aliphatic hydroxyl groups is 1. The Balaban J connectivity index is 0.00000729. The predicted molar refractivity (Wildman–Crippen MR) is 125 cm³/mol. The first kappa shape index (κ1) is 27.5. The van der Waals surface area contributed by atoms with Crippen LogP contribution in [0.4, 0.5) is 0 Å². The number of benzene rings is 1. The number of rotatable bonds is 13. The molecule has 0 spiro atoms. The Kier molecular flexibility index (Phi) is 17.0. The summed E-state index contributed by atoms with van der Waals surface area (Å²) in [7, 11) is 1.65. The molecule has 0 aliphatic heterocycles. The molecule has 28 heavy (non-hydrogen) atoms. The lowest BCUT2D eigenvalue weighted by molar-refractivity contribution is 0.0698. The molecule has 0 amide bonds. The first-order chi connectivity index (χ1) is 13.1. The summed E-state index contributed by atoms with van der Waals surface area (Å²) in [5.41, 5.74) is 0. The van der Waals surface area contributed by atoms with Gasteiger partial charge in [0.2, 0.25) is 0 Å². The van der Waals surface area contributed by atoms with Gasteiger partial charge in [0, 0.05) is 26.8 Å². The number of nitrogens with one attached hydrogen (secondary N) is 2. The normalized spacial score (nSPS) is 12.2. The van der Waals surface area contributed by atoms with E-state index in [1.165, 1.54) is 0 Å². The predicted octanol–water partition coefficient (Wildman–Crippen LogP) is 2.96. The van der Waals surface area contributed by atoms with Crippen molar-refractivity contribution in [2.24, 2.45) is 4.99 Å². The Morgan fingerprint density at radius 2 is 2.00 bits per heavy atom. The van der Waals surface area contributed by atoms with Crippen LogP contribution in [-0.2, 0) is 9.47 Å². The van der Waals surface area contributed by atoms with E-state index < -0.39 is 6.10 Å². The van der Waals surface area contributed by atoms with Gasteiger partial charge in [0.25, 0.3) is 0 Å². The third-order valence-electron chi connectivity index (χ3n) is 3.34. The van der Waals surface area contributed by atoms with Crippen molar-refractivity contribution in [2.45, 2.75) is 19.4 Å². The lowest BCUT2D eigenvalue weighted by Gasteiger charge is -2.14. The van der Waals surface area contributed by atoms with Gasteiger partial charge in [-0.15, -0.1) is 24.0 Å². The van der Waals surface area contributed by atoms with Gasteiger partial charge in [-0.05, 0) is 25.5 Å². The Morgan fingerprint density at radius 1 is 1.21 bits per heavy atom. The van der Waals surface area contributed by atoms with Crippen molar-refractivity contribution in [3.8, 4) is 5.75 Å². The van der Waals surface area contributed by atoms with Crippen molar-refractivity contribution in [3.05, 3.63) is 28.2 Å². The van der Waals surface area contributed by atoms with E-state index in [1.807, 2.05) is 6.92 Å². The number of guanidine groups is 1. The Bertz CT molecular complexity index is 568. The third kappa shape index (κ3) is 12.1. The Hall–Kier alpha value is -0.520. The number of nitrogens with zero attached hydrogens (tertiary/aromatic N) is 1. The molecule has 1 unspecified atom stereocenters. The highest BCUT2D eigenvalue weighted by molar-refractivity contribution is 14.0. The fourth-order valence-corrected chi connectivity index (χ4v) is 2.34. The summed E-state index contributed by atoms with van der Waals surface area (Å²) in [5, 5.41) is 17.1. The maximum absolute atomic E-state index is 10.1. The van der Waals surface area contributed by atoms with Crippen LogP contribution >= 0.6 is 47.2 Å². The second-order valence-electron chi connectivity index (χ2n) is 5.62. The maximum atomic E-state index is 10.1. The van der Waals surface area contributed by atoms with Crippen LogP contribution in [0.25, 0.3) is 0 Å². The molecule has 1 rings (SSSR count). The average Bonchev–Trinajstić information content (AvgIpc) is 2.66. The molecule has 0 aliphatic carbocycles. The van der Waals surface area contributed by atoms with Crippen LogP contribution in [0.5, 0.6) is 5.75 Å². The molecule has 1 aromatic rings. The summed E-state index contributed by atoms with van der Waals surface area (Å²) >= 11 is 12.0. The molecule has 0 saturated heterocycles. The number of ether oxygens (including phenoxy) is 3. The zero-order chi connectivity index (χ0) is 19.9. The van der Waals surface area contributed by atoms with Crippen LogP contribution in [0, 0.1) is 0 Å². The second kappa shape index (κ2) is 17.3. The molecule has 0 aliphatic rings. The monoisotopic (exact) mass is 549 g/mol. The number of halogens is 3. The van der Waals surface area contributed by atoms with Gasteiger partial charge in [-0.2, -0.15) is 0 Å². The van der Waals surface area contributed by atoms with Crippen LogP contribution < -0.4 is 15.4 Å². The van der Waals surface area contributed by atoms with E-state index in [0.717, 1.165) is 13.0 Å². The molecule has 1 aromatic carbocycles. The van der Waals surface area contributed by atoms with E-state index in [1.54, 1.807) is 25.3 Å². The molecule has 7 nitrogen and oxygen atoms in total. The summed E-state index contributed by atoms with van der Waals surface area (Å²) in [6.45, 7) is 5.50. The molecule has 162 valence electrons. The fourth-order valence-electron chi connectivity index (χ4n) is 2.00. The minimum Gasteiger partial charge on any atom is -0.489 e. The minimum atomic E-state index is -0.770. The van der Waals surface area contributed by atoms with Crippen molar-refractivity contribution >= 4 is 53.1 Å². The highest BCUT2D eigenvalue weighted by Gasteiger charge is 2.09. The van der Waals surface area contributed by atoms with Crippen LogP contribution in [0.15, 0.2) is 23.2 Å². The van der Waals surface area contributed by atoms with Crippen LogP contribution in [0.3, 0.4) is 0 Å². The lowest BCUT2D eigenvalue weighted by Crippen LogP contribution is -2.39. The maximum Gasteiger partial charge on any atom is 0.191 e. The Labute approximate surface area is 194 Å². The van der Waals surface area contributed by atoms with E-state index in [4.69, 9.17) is 37.4 Å². The largest absolute Gasteiger partial charge is 0.489 e. The van der Waals surface area contributed by atoms with Crippen molar-refractivity contribution in [1.29, 1.82) is 0 Å². The van der Waals surface area contributed by atoms with Gasteiger partial charge >= 0.3 is 0 Å². The molecule has 3 N–H and O–H groups in total. The molecule has 0 heterocycles. The molecular weight excluding hydrogens is 520 g/mol. The number of hydrogen-bond acceptors (Lipinski definition) is 5. The van der Waals surface area contributed by atoms with Gasteiger partial charge in [0.15, 0.2) is 5.96 Å². The van der Waals surface area contributed by atoms with Gasteiger partial charge in [-0.25, -0.2) is 0 Å². The van der Waals surface area contributed by atoms with Crippen LogP contribution in [0.1, 0.15) is 13.3 Å². The topological polar surface area (TPSA) is 84.3 Å². The van der Waals surface area contributed by atoms with E-state index in [2.05, 4.69) is 15.6 Å². The average molecular weight is 550 g/mol. The highest BCUT2D eigenvalue weighted by atomic mass is 127. The molecule has 10 heteroatoms. The smallest absolute Gasteiger partial charge is 0.191 e. The van der Waals surface area contributed by atoms with E-state index in [9.17, 15) is 5.11 Å². The SMILES string of the molecule is CCNC(=NCC(O)COc1cccc(Cl)c1Cl)NCCCOCCOC.I.